The van der Waals surface area contributed by atoms with E-state index in [1.807, 2.05) is 13.8 Å². The van der Waals surface area contributed by atoms with Crippen LogP contribution in [0.1, 0.15) is 20.3 Å². The molecule has 4 N–H and O–H groups in total. The quantitative estimate of drug-likeness (QED) is 0.249. The molecular weight excluding hydrogens is 170 g/mol. The highest BCUT2D eigenvalue weighted by molar-refractivity contribution is 5.84. The highest BCUT2D eigenvalue weighted by Gasteiger charge is 2.25. The van der Waals surface area contributed by atoms with Crippen molar-refractivity contribution in [2.24, 2.45) is 10.9 Å². The standard InChI is InChI=1S/C8H17N3O2/c1-5(8(9)11-12)10-7-3-4-13-6(7)2/h5-7,10,12H,3-4H2,1-2H3,(H2,9,11). The van der Waals surface area contributed by atoms with Crippen molar-refractivity contribution in [3.63, 3.8) is 0 Å². The van der Waals surface area contributed by atoms with Gasteiger partial charge < -0.3 is 21.0 Å². The average Bonchev–Trinajstić information content (AvgIpc) is 2.50. The lowest BCUT2D eigenvalue weighted by atomic mass is 10.1. The summed E-state index contributed by atoms with van der Waals surface area (Å²) in [6, 6.07) is 0.189. The number of ether oxygens (including phenoxy) is 1. The van der Waals surface area contributed by atoms with Gasteiger partial charge in [-0.05, 0) is 20.3 Å². The van der Waals surface area contributed by atoms with Crippen LogP contribution >= 0.6 is 0 Å². The maximum absolute atomic E-state index is 8.44. The second-order valence-electron chi connectivity index (χ2n) is 3.38. The van der Waals surface area contributed by atoms with Crippen molar-refractivity contribution in [3.8, 4) is 0 Å². The van der Waals surface area contributed by atoms with Gasteiger partial charge in [0.15, 0.2) is 5.84 Å². The number of amidine groups is 1. The van der Waals surface area contributed by atoms with E-state index in [0.717, 1.165) is 13.0 Å². The zero-order chi connectivity index (χ0) is 9.84. The van der Waals surface area contributed by atoms with E-state index >= 15 is 0 Å². The molecule has 5 heteroatoms. The smallest absolute Gasteiger partial charge is 0.156 e. The van der Waals surface area contributed by atoms with E-state index in [9.17, 15) is 0 Å². The van der Waals surface area contributed by atoms with Crippen molar-refractivity contribution < 1.29 is 9.94 Å². The van der Waals surface area contributed by atoms with Crippen molar-refractivity contribution in [2.45, 2.75) is 38.5 Å². The Hall–Kier alpha value is -0.810. The maximum Gasteiger partial charge on any atom is 0.156 e. The summed E-state index contributed by atoms with van der Waals surface area (Å²) in [5, 5.41) is 14.6. The van der Waals surface area contributed by atoms with Gasteiger partial charge in [-0.2, -0.15) is 0 Å². The van der Waals surface area contributed by atoms with E-state index in [2.05, 4.69) is 10.5 Å². The third-order valence-electron chi connectivity index (χ3n) is 2.40. The minimum Gasteiger partial charge on any atom is -0.409 e. The molecule has 0 amide bonds. The number of nitrogens with zero attached hydrogens (tertiary/aromatic N) is 1. The molecule has 0 aromatic rings. The number of rotatable bonds is 3. The molecule has 1 saturated heterocycles. The molecule has 13 heavy (non-hydrogen) atoms. The zero-order valence-electron chi connectivity index (χ0n) is 8.03. The van der Waals surface area contributed by atoms with Crippen molar-refractivity contribution >= 4 is 5.84 Å². The summed E-state index contributed by atoms with van der Waals surface area (Å²) in [4.78, 5) is 0. The normalized spacial score (nSPS) is 32.0. The largest absolute Gasteiger partial charge is 0.409 e. The van der Waals surface area contributed by atoms with Crippen molar-refractivity contribution in [1.82, 2.24) is 5.32 Å². The van der Waals surface area contributed by atoms with Crippen LogP contribution in [-0.4, -0.2) is 35.8 Å². The first-order valence-electron chi connectivity index (χ1n) is 4.50. The van der Waals surface area contributed by atoms with Crippen molar-refractivity contribution in [3.05, 3.63) is 0 Å². The van der Waals surface area contributed by atoms with E-state index in [4.69, 9.17) is 15.7 Å². The fourth-order valence-electron chi connectivity index (χ4n) is 1.44. The van der Waals surface area contributed by atoms with Crippen LogP contribution in [0.25, 0.3) is 0 Å². The van der Waals surface area contributed by atoms with E-state index in [1.54, 1.807) is 0 Å². The molecular formula is C8H17N3O2. The molecule has 3 atom stereocenters. The SMILES string of the molecule is CC(NC1CCOC1C)C(N)=NO. The van der Waals surface area contributed by atoms with E-state index in [0.29, 0.717) is 6.04 Å². The first kappa shape index (κ1) is 10.3. The van der Waals surface area contributed by atoms with Crippen molar-refractivity contribution in [2.75, 3.05) is 6.61 Å². The van der Waals surface area contributed by atoms with Gasteiger partial charge in [0.05, 0.1) is 12.1 Å². The second-order valence-corrected chi connectivity index (χ2v) is 3.38. The highest BCUT2D eigenvalue weighted by Crippen LogP contribution is 2.12. The average molecular weight is 187 g/mol. The number of oxime groups is 1. The first-order chi connectivity index (χ1) is 6.15. The maximum atomic E-state index is 8.44. The fourth-order valence-corrected chi connectivity index (χ4v) is 1.44. The predicted molar refractivity (Wildman–Crippen MR) is 49.8 cm³/mol. The van der Waals surface area contributed by atoms with E-state index in [1.165, 1.54) is 0 Å². The van der Waals surface area contributed by atoms with Crippen LogP contribution in [-0.2, 0) is 4.74 Å². The Balaban J connectivity index is 2.39. The number of hydrogen-bond acceptors (Lipinski definition) is 4. The van der Waals surface area contributed by atoms with Gasteiger partial charge in [-0.15, -0.1) is 0 Å². The van der Waals surface area contributed by atoms with Gasteiger partial charge in [0.2, 0.25) is 0 Å². The lowest BCUT2D eigenvalue weighted by Crippen LogP contribution is -2.47. The summed E-state index contributed by atoms with van der Waals surface area (Å²) in [7, 11) is 0. The highest BCUT2D eigenvalue weighted by atomic mass is 16.5. The lowest BCUT2D eigenvalue weighted by Gasteiger charge is -2.20. The first-order valence-corrected chi connectivity index (χ1v) is 4.50. The molecule has 3 unspecified atom stereocenters. The molecule has 0 bridgehead atoms. The van der Waals surface area contributed by atoms with E-state index in [-0.39, 0.29) is 18.0 Å². The molecule has 0 aromatic heterocycles. The van der Waals surface area contributed by atoms with Crippen LogP contribution in [0, 0.1) is 0 Å². The van der Waals surface area contributed by atoms with Crippen LogP contribution in [0.15, 0.2) is 5.16 Å². The second kappa shape index (κ2) is 4.43. The zero-order valence-corrected chi connectivity index (χ0v) is 8.03. The van der Waals surface area contributed by atoms with Gasteiger partial charge in [0, 0.05) is 12.6 Å². The van der Waals surface area contributed by atoms with Crippen LogP contribution < -0.4 is 11.1 Å². The molecule has 5 nitrogen and oxygen atoms in total. The number of nitrogens with one attached hydrogen (secondary N) is 1. The Bertz CT molecular complexity index is 196. The van der Waals surface area contributed by atoms with Gasteiger partial charge in [-0.1, -0.05) is 5.16 Å². The Morgan fingerprint density at radius 1 is 1.77 bits per heavy atom. The van der Waals surface area contributed by atoms with Crippen LogP contribution in [0.4, 0.5) is 0 Å². The monoisotopic (exact) mass is 187 g/mol. The molecule has 1 fully saturated rings. The lowest BCUT2D eigenvalue weighted by molar-refractivity contribution is 0.112. The van der Waals surface area contributed by atoms with Gasteiger partial charge >= 0.3 is 0 Å². The third kappa shape index (κ3) is 2.57. The molecule has 1 aliphatic heterocycles. The molecule has 0 spiro atoms. The Morgan fingerprint density at radius 2 is 2.46 bits per heavy atom. The Morgan fingerprint density at radius 3 is 2.92 bits per heavy atom. The predicted octanol–water partition coefficient (Wildman–Crippen LogP) is -0.112. The van der Waals surface area contributed by atoms with Gasteiger partial charge in [-0.3, -0.25) is 0 Å². The minimum atomic E-state index is -0.112. The summed E-state index contributed by atoms with van der Waals surface area (Å²) < 4.78 is 5.37. The van der Waals surface area contributed by atoms with Gasteiger partial charge in [0.1, 0.15) is 0 Å². The molecule has 0 saturated carbocycles. The molecule has 0 aliphatic carbocycles. The van der Waals surface area contributed by atoms with Gasteiger partial charge in [0.25, 0.3) is 0 Å². The van der Waals surface area contributed by atoms with Crippen LogP contribution in [0.2, 0.25) is 0 Å². The molecule has 1 heterocycles. The summed E-state index contributed by atoms with van der Waals surface area (Å²) in [5.41, 5.74) is 5.44. The molecule has 76 valence electrons. The molecule has 1 aliphatic rings. The summed E-state index contributed by atoms with van der Waals surface area (Å²) >= 11 is 0. The summed E-state index contributed by atoms with van der Waals surface area (Å²) in [6.07, 6.45) is 1.18. The third-order valence-corrected chi connectivity index (χ3v) is 2.40. The van der Waals surface area contributed by atoms with E-state index < -0.39 is 0 Å². The topological polar surface area (TPSA) is 79.9 Å². The summed E-state index contributed by atoms with van der Waals surface area (Å²) in [6.45, 7) is 4.66. The number of nitrogens with two attached hydrogens (primary N) is 1. The number of hydrogen-bond donors (Lipinski definition) is 3. The molecule has 0 aromatic carbocycles. The van der Waals surface area contributed by atoms with Crippen LogP contribution in [0.3, 0.4) is 0 Å². The fraction of sp³-hybridized carbons (Fsp3) is 0.875. The summed E-state index contributed by atoms with van der Waals surface area (Å²) in [5.74, 6) is 0.208. The Labute approximate surface area is 77.9 Å². The molecule has 0 radical (unpaired) electrons. The minimum absolute atomic E-state index is 0.112. The van der Waals surface area contributed by atoms with Crippen LogP contribution in [0.5, 0.6) is 0 Å². The van der Waals surface area contributed by atoms with Gasteiger partial charge in [-0.25, -0.2) is 0 Å². The molecule has 1 rings (SSSR count). The van der Waals surface area contributed by atoms with Crippen molar-refractivity contribution in [1.29, 1.82) is 0 Å². The Kier molecular flexibility index (Phi) is 3.50.